The summed E-state index contributed by atoms with van der Waals surface area (Å²) in [5.74, 6) is 6.15. The number of hydrazine groups is 1. The molecule has 3 N–H and O–H groups in total. The van der Waals surface area contributed by atoms with Crippen LogP contribution < -0.4 is 11.3 Å². The molecule has 0 aliphatic carbocycles. The Morgan fingerprint density at radius 1 is 1.46 bits per heavy atom. The van der Waals surface area contributed by atoms with E-state index in [1.165, 1.54) is 18.4 Å². The third-order valence-corrected chi connectivity index (χ3v) is 2.65. The van der Waals surface area contributed by atoms with Crippen molar-refractivity contribution in [1.29, 1.82) is 0 Å². The number of hydrogen-bond acceptors (Lipinski definition) is 2. The molecule has 0 aromatic carbocycles. The summed E-state index contributed by atoms with van der Waals surface area (Å²) in [6, 6.07) is 0.396. The first-order valence-corrected chi connectivity index (χ1v) is 5.28. The van der Waals surface area contributed by atoms with Gasteiger partial charge in [-0.3, -0.25) is 11.3 Å². The molecule has 2 heteroatoms. The van der Waals surface area contributed by atoms with E-state index in [1.54, 1.807) is 0 Å². The van der Waals surface area contributed by atoms with Crippen LogP contribution in [0.4, 0.5) is 0 Å². The smallest absolute Gasteiger partial charge is 0.0273 e. The molecule has 0 spiro atoms. The van der Waals surface area contributed by atoms with Crippen molar-refractivity contribution < 1.29 is 0 Å². The number of hydrogen-bond donors (Lipinski definition) is 2. The van der Waals surface area contributed by atoms with Crippen LogP contribution in [0.5, 0.6) is 0 Å². The molecular formula is C11H24N2. The Labute approximate surface area is 82.6 Å². The van der Waals surface area contributed by atoms with Crippen LogP contribution in [0.25, 0.3) is 0 Å². The van der Waals surface area contributed by atoms with Gasteiger partial charge in [-0.25, -0.2) is 0 Å². The van der Waals surface area contributed by atoms with E-state index < -0.39 is 0 Å². The van der Waals surface area contributed by atoms with Crippen molar-refractivity contribution in [2.75, 3.05) is 0 Å². The lowest BCUT2D eigenvalue weighted by molar-refractivity contribution is 0.355. The van der Waals surface area contributed by atoms with E-state index in [9.17, 15) is 0 Å². The molecule has 0 radical (unpaired) electrons. The van der Waals surface area contributed by atoms with Gasteiger partial charge >= 0.3 is 0 Å². The van der Waals surface area contributed by atoms with Crippen LogP contribution in [0.1, 0.15) is 46.5 Å². The Morgan fingerprint density at radius 3 is 2.46 bits per heavy atom. The maximum absolute atomic E-state index is 5.52. The van der Waals surface area contributed by atoms with Gasteiger partial charge in [0, 0.05) is 6.04 Å². The predicted octanol–water partition coefficient (Wildman–Crippen LogP) is 2.61. The SMILES string of the molecule is C=C(CC)CC(NN)C(C)CCC. The van der Waals surface area contributed by atoms with Crippen LogP contribution >= 0.6 is 0 Å². The summed E-state index contributed by atoms with van der Waals surface area (Å²) in [6.45, 7) is 10.6. The number of nitrogens with two attached hydrogens (primary N) is 1. The van der Waals surface area contributed by atoms with E-state index in [2.05, 4.69) is 32.8 Å². The largest absolute Gasteiger partial charge is 0.271 e. The third-order valence-electron chi connectivity index (χ3n) is 2.65. The molecule has 0 aliphatic heterocycles. The molecule has 2 atom stereocenters. The van der Waals surface area contributed by atoms with E-state index in [0.29, 0.717) is 12.0 Å². The van der Waals surface area contributed by atoms with Gasteiger partial charge in [-0.05, 0) is 25.2 Å². The summed E-state index contributed by atoms with van der Waals surface area (Å²) in [4.78, 5) is 0. The Morgan fingerprint density at radius 2 is 2.08 bits per heavy atom. The van der Waals surface area contributed by atoms with Crippen LogP contribution in [0, 0.1) is 5.92 Å². The standard InChI is InChI=1S/C11H24N2/c1-5-7-10(4)11(13-12)8-9(3)6-2/h10-11,13H,3,5-8,12H2,1-2,4H3. The first-order valence-electron chi connectivity index (χ1n) is 5.28. The Balaban J connectivity index is 3.93. The van der Waals surface area contributed by atoms with Gasteiger partial charge in [0.25, 0.3) is 0 Å². The fourth-order valence-corrected chi connectivity index (χ4v) is 1.54. The maximum Gasteiger partial charge on any atom is 0.0273 e. The van der Waals surface area contributed by atoms with Crippen molar-refractivity contribution in [1.82, 2.24) is 5.43 Å². The summed E-state index contributed by atoms with van der Waals surface area (Å²) in [6.07, 6.45) is 4.51. The average molecular weight is 184 g/mol. The van der Waals surface area contributed by atoms with Crippen LogP contribution in [-0.2, 0) is 0 Å². The second-order valence-electron chi connectivity index (χ2n) is 3.85. The van der Waals surface area contributed by atoms with Gasteiger partial charge in [0.2, 0.25) is 0 Å². The lowest BCUT2D eigenvalue weighted by Gasteiger charge is -2.23. The molecule has 0 heterocycles. The molecule has 0 amide bonds. The molecule has 0 fully saturated rings. The van der Waals surface area contributed by atoms with E-state index in [-0.39, 0.29) is 0 Å². The van der Waals surface area contributed by atoms with Gasteiger partial charge < -0.3 is 0 Å². The van der Waals surface area contributed by atoms with Crippen molar-refractivity contribution in [2.45, 2.75) is 52.5 Å². The van der Waals surface area contributed by atoms with Crippen LogP contribution in [0.3, 0.4) is 0 Å². The second kappa shape index (κ2) is 7.10. The van der Waals surface area contributed by atoms with Crippen LogP contribution in [0.2, 0.25) is 0 Å². The van der Waals surface area contributed by atoms with Gasteiger partial charge in [-0.1, -0.05) is 39.3 Å². The average Bonchev–Trinajstić information content (AvgIpc) is 2.14. The van der Waals surface area contributed by atoms with E-state index >= 15 is 0 Å². The van der Waals surface area contributed by atoms with Crippen LogP contribution in [-0.4, -0.2) is 6.04 Å². The van der Waals surface area contributed by atoms with Gasteiger partial charge in [0.05, 0.1) is 0 Å². The molecule has 0 bridgehead atoms. The zero-order valence-corrected chi connectivity index (χ0v) is 9.27. The van der Waals surface area contributed by atoms with E-state index in [4.69, 9.17) is 5.84 Å². The molecule has 0 aromatic heterocycles. The summed E-state index contributed by atoms with van der Waals surface area (Å²) in [5, 5.41) is 0. The molecule has 13 heavy (non-hydrogen) atoms. The van der Waals surface area contributed by atoms with Gasteiger partial charge in [-0.15, -0.1) is 0 Å². The highest BCUT2D eigenvalue weighted by molar-refractivity contribution is 4.97. The van der Waals surface area contributed by atoms with Gasteiger partial charge in [0.15, 0.2) is 0 Å². The Kier molecular flexibility index (Phi) is 6.92. The zero-order valence-electron chi connectivity index (χ0n) is 9.27. The highest BCUT2D eigenvalue weighted by atomic mass is 15.2. The van der Waals surface area contributed by atoms with E-state index in [0.717, 1.165) is 12.8 Å². The molecule has 2 unspecified atom stereocenters. The summed E-state index contributed by atoms with van der Waals surface area (Å²) < 4.78 is 0. The molecule has 0 saturated carbocycles. The minimum atomic E-state index is 0.396. The Bertz CT molecular complexity index is 143. The molecule has 78 valence electrons. The Hall–Kier alpha value is -0.340. The fourth-order valence-electron chi connectivity index (χ4n) is 1.54. The monoisotopic (exact) mass is 184 g/mol. The maximum atomic E-state index is 5.52. The van der Waals surface area contributed by atoms with E-state index in [1.807, 2.05) is 0 Å². The topological polar surface area (TPSA) is 38.0 Å². The quantitative estimate of drug-likeness (QED) is 0.362. The third kappa shape index (κ3) is 5.06. The van der Waals surface area contributed by atoms with Gasteiger partial charge in [0.1, 0.15) is 0 Å². The van der Waals surface area contributed by atoms with Crippen LogP contribution in [0.15, 0.2) is 12.2 Å². The minimum Gasteiger partial charge on any atom is -0.271 e. The van der Waals surface area contributed by atoms with Crippen molar-refractivity contribution in [2.24, 2.45) is 11.8 Å². The van der Waals surface area contributed by atoms with Crippen molar-refractivity contribution in [3.8, 4) is 0 Å². The zero-order chi connectivity index (χ0) is 10.3. The summed E-state index contributed by atoms with van der Waals surface area (Å²) in [5.41, 5.74) is 4.17. The lowest BCUT2D eigenvalue weighted by atomic mass is 9.92. The number of nitrogens with one attached hydrogen (secondary N) is 1. The van der Waals surface area contributed by atoms with Crippen molar-refractivity contribution in [3.63, 3.8) is 0 Å². The number of rotatable bonds is 7. The molecular weight excluding hydrogens is 160 g/mol. The molecule has 0 saturated heterocycles. The van der Waals surface area contributed by atoms with Crippen molar-refractivity contribution >= 4 is 0 Å². The lowest BCUT2D eigenvalue weighted by Crippen LogP contribution is -2.40. The predicted molar refractivity (Wildman–Crippen MR) is 59.2 cm³/mol. The highest BCUT2D eigenvalue weighted by Gasteiger charge is 2.15. The first-order chi connectivity index (χ1) is 6.15. The molecule has 2 nitrogen and oxygen atoms in total. The normalized spacial score (nSPS) is 15.4. The highest BCUT2D eigenvalue weighted by Crippen LogP contribution is 2.17. The summed E-state index contributed by atoms with van der Waals surface area (Å²) >= 11 is 0. The summed E-state index contributed by atoms with van der Waals surface area (Å²) in [7, 11) is 0. The fraction of sp³-hybridized carbons (Fsp3) is 0.818. The van der Waals surface area contributed by atoms with Gasteiger partial charge in [-0.2, -0.15) is 0 Å². The first kappa shape index (κ1) is 12.7. The second-order valence-corrected chi connectivity index (χ2v) is 3.85. The minimum absolute atomic E-state index is 0.396. The molecule has 0 rings (SSSR count). The molecule has 0 aliphatic rings. The van der Waals surface area contributed by atoms with Crippen molar-refractivity contribution in [3.05, 3.63) is 12.2 Å². The molecule has 0 aromatic rings.